The normalized spacial score (nSPS) is 17.0. The molecule has 3 aromatic rings. The molecule has 0 radical (unpaired) electrons. The Morgan fingerprint density at radius 3 is 2.77 bits per heavy atom. The molecular formula is C23H26Cl2N4O. The largest absolute Gasteiger partial charge is 0.354 e. The third kappa shape index (κ3) is 4.80. The maximum atomic E-state index is 12.5. The number of carbonyl (C=O) groups is 1. The molecule has 1 aromatic heterocycles. The van der Waals surface area contributed by atoms with Crippen LogP contribution < -0.4 is 5.32 Å². The standard InChI is InChI=1S/C23H26Cl2N4O/c1-15-7-21-22(8-16(15)2)29(14-27-21)13-23(30)26-10-18-5-6-28(12-18)11-17-3-4-19(24)20(25)9-17/h3-4,7-9,14,18H,5-6,10-13H2,1-2H3,(H,26,30). The molecule has 1 fully saturated rings. The van der Waals surface area contributed by atoms with Gasteiger partial charge in [0.2, 0.25) is 5.91 Å². The summed E-state index contributed by atoms with van der Waals surface area (Å²) in [4.78, 5) is 19.3. The van der Waals surface area contributed by atoms with Crippen LogP contribution >= 0.6 is 23.2 Å². The van der Waals surface area contributed by atoms with Crippen molar-refractivity contribution in [3.63, 3.8) is 0 Å². The van der Waals surface area contributed by atoms with Crippen LogP contribution in [0.4, 0.5) is 0 Å². The first kappa shape index (κ1) is 21.2. The lowest BCUT2D eigenvalue weighted by Gasteiger charge is -2.17. The van der Waals surface area contributed by atoms with Gasteiger partial charge in [-0.1, -0.05) is 29.3 Å². The van der Waals surface area contributed by atoms with Gasteiger partial charge in [-0.15, -0.1) is 0 Å². The van der Waals surface area contributed by atoms with Crippen molar-refractivity contribution in [1.82, 2.24) is 19.8 Å². The van der Waals surface area contributed by atoms with Crippen LogP contribution in [-0.2, 0) is 17.9 Å². The van der Waals surface area contributed by atoms with Gasteiger partial charge in [-0.25, -0.2) is 4.98 Å². The number of benzene rings is 2. The van der Waals surface area contributed by atoms with E-state index < -0.39 is 0 Å². The summed E-state index contributed by atoms with van der Waals surface area (Å²) in [5.74, 6) is 0.483. The zero-order chi connectivity index (χ0) is 21.3. The van der Waals surface area contributed by atoms with Gasteiger partial charge in [-0.05, 0) is 73.7 Å². The van der Waals surface area contributed by atoms with E-state index in [1.165, 1.54) is 11.1 Å². The lowest BCUT2D eigenvalue weighted by atomic mass is 10.1. The van der Waals surface area contributed by atoms with Crippen molar-refractivity contribution < 1.29 is 4.79 Å². The fraction of sp³-hybridized carbons (Fsp3) is 0.391. The number of aryl methyl sites for hydroxylation is 2. The summed E-state index contributed by atoms with van der Waals surface area (Å²) in [5, 5.41) is 4.28. The lowest BCUT2D eigenvalue weighted by Crippen LogP contribution is -2.33. The number of nitrogens with one attached hydrogen (secondary N) is 1. The molecule has 0 saturated carbocycles. The Hall–Kier alpha value is -2.08. The van der Waals surface area contributed by atoms with Gasteiger partial charge in [0.15, 0.2) is 0 Å². The van der Waals surface area contributed by atoms with Crippen molar-refractivity contribution >= 4 is 40.1 Å². The first-order valence-corrected chi connectivity index (χ1v) is 11.0. The van der Waals surface area contributed by atoms with Gasteiger partial charge in [0.1, 0.15) is 6.54 Å². The van der Waals surface area contributed by atoms with E-state index in [9.17, 15) is 4.79 Å². The summed E-state index contributed by atoms with van der Waals surface area (Å²) < 4.78 is 1.92. The molecule has 1 unspecified atom stereocenters. The van der Waals surface area contributed by atoms with E-state index in [4.69, 9.17) is 23.2 Å². The van der Waals surface area contributed by atoms with Crippen molar-refractivity contribution in [3.8, 4) is 0 Å². The molecule has 5 nitrogen and oxygen atoms in total. The molecule has 1 aliphatic rings. The first-order chi connectivity index (χ1) is 14.4. The predicted octanol–water partition coefficient (Wildman–Crippen LogP) is 4.60. The van der Waals surface area contributed by atoms with E-state index in [1.807, 2.05) is 22.8 Å². The third-order valence-electron chi connectivity index (χ3n) is 5.90. The molecule has 0 spiro atoms. The lowest BCUT2D eigenvalue weighted by molar-refractivity contribution is -0.121. The first-order valence-electron chi connectivity index (χ1n) is 10.2. The van der Waals surface area contributed by atoms with Gasteiger partial charge in [-0.3, -0.25) is 9.69 Å². The Kier molecular flexibility index (Phi) is 6.32. The summed E-state index contributed by atoms with van der Waals surface area (Å²) in [6.45, 7) is 7.98. The van der Waals surface area contributed by atoms with Gasteiger partial charge < -0.3 is 9.88 Å². The summed E-state index contributed by atoms with van der Waals surface area (Å²) in [7, 11) is 0. The number of halogens is 2. The molecule has 158 valence electrons. The van der Waals surface area contributed by atoms with Crippen LogP contribution in [0.25, 0.3) is 11.0 Å². The molecule has 2 heterocycles. The van der Waals surface area contributed by atoms with Crippen molar-refractivity contribution in [1.29, 1.82) is 0 Å². The zero-order valence-corrected chi connectivity index (χ0v) is 18.8. The number of aromatic nitrogens is 2. The van der Waals surface area contributed by atoms with E-state index in [2.05, 4.69) is 41.2 Å². The number of amides is 1. The Bertz CT molecular complexity index is 1080. The molecule has 1 aliphatic heterocycles. The van der Waals surface area contributed by atoms with Crippen LogP contribution in [0.15, 0.2) is 36.7 Å². The van der Waals surface area contributed by atoms with E-state index >= 15 is 0 Å². The van der Waals surface area contributed by atoms with Crippen LogP contribution in [0.1, 0.15) is 23.1 Å². The van der Waals surface area contributed by atoms with Crippen LogP contribution in [0.2, 0.25) is 10.0 Å². The van der Waals surface area contributed by atoms with Gasteiger partial charge in [0.05, 0.1) is 27.4 Å². The minimum Gasteiger partial charge on any atom is -0.354 e. The zero-order valence-electron chi connectivity index (χ0n) is 17.3. The number of nitrogens with zero attached hydrogens (tertiary/aromatic N) is 3. The van der Waals surface area contributed by atoms with Gasteiger partial charge >= 0.3 is 0 Å². The second-order valence-corrected chi connectivity index (χ2v) is 9.05. The molecular weight excluding hydrogens is 419 g/mol. The summed E-state index contributed by atoms with van der Waals surface area (Å²) in [5.41, 5.74) is 5.51. The third-order valence-corrected chi connectivity index (χ3v) is 6.64. The van der Waals surface area contributed by atoms with Crippen molar-refractivity contribution in [2.24, 2.45) is 5.92 Å². The van der Waals surface area contributed by atoms with E-state index in [0.717, 1.165) is 42.7 Å². The molecule has 1 atom stereocenters. The summed E-state index contributed by atoms with van der Waals surface area (Å²) in [6, 6.07) is 9.96. The topological polar surface area (TPSA) is 50.2 Å². The van der Waals surface area contributed by atoms with E-state index in [-0.39, 0.29) is 5.91 Å². The minimum atomic E-state index is 0.0236. The monoisotopic (exact) mass is 444 g/mol. The quantitative estimate of drug-likeness (QED) is 0.604. The Morgan fingerprint density at radius 1 is 1.17 bits per heavy atom. The molecule has 1 N–H and O–H groups in total. The molecule has 30 heavy (non-hydrogen) atoms. The highest BCUT2D eigenvalue weighted by Gasteiger charge is 2.23. The average molecular weight is 445 g/mol. The van der Waals surface area contributed by atoms with Crippen LogP contribution in [0.5, 0.6) is 0 Å². The number of carbonyl (C=O) groups excluding carboxylic acids is 1. The van der Waals surface area contributed by atoms with Gasteiger partial charge in [-0.2, -0.15) is 0 Å². The second-order valence-electron chi connectivity index (χ2n) is 8.24. The maximum Gasteiger partial charge on any atom is 0.240 e. The number of imidazole rings is 1. The van der Waals surface area contributed by atoms with E-state index in [1.54, 1.807) is 6.33 Å². The van der Waals surface area contributed by atoms with Crippen LogP contribution in [-0.4, -0.2) is 40.0 Å². The highest BCUT2D eigenvalue weighted by atomic mass is 35.5. The number of likely N-dealkylation sites (tertiary alicyclic amines) is 1. The summed E-state index contributed by atoms with van der Waals surface area (Å²) >= 11 is 12.1. The average Bonchev–Trinajstić information content (AvgIpc) is 3.31. The smallest absolute Gasteiger partial charge is 0.240 e. The fourth-order valence-electron chi connectivity index (χ4n) is 4.03. The van der Waals surface area contributed by atoms with Crippen molar-refractivity contribution in [3.05, 3.63) is 63.4 Å². The van der Waals surface area contributed by atoms with Crippen LogP contribution in [0.3, 0.4) is 0 Å². The molecule has 7 heteroatoms. The van der Waals surface area contributed by atoms with E-state index in [0.29, 0.717) is 29.1 Å². The Balaban J connectivity index is 1.27. The number of hydrogen-bond donors (Lipinski definition) is 1. The number of hydrogen-bond acceptors (Lipinski definition) is 3. The molecule has 0 bridgehead atoms. The SMILES string of the molecule is Cc1cc2ncn(CC(=O)NCC3CCN(Cc4ccc(Cl)c(Cl)c4)C3)c2cc1C. The maximum absolute atomic E-state index is 12.5. The molecule has 4 rings (SSSR count). The van der Waals surface area contributed by atoms with Crippen molar-refractivity contribution in [2.45, 2.75) is 33.4 Å². The predicted molar refractivity (Wildman–Crippen MR) is 122 cm³/mol. The fourth-order valence-corrected chi connectivity index (χ4v) is 4.35. The number of fused-ring (bicyclic) bond motifs is 1. The second kappa shape index (κ2) is 8.96. The van der Waals surface area contributed by atoms with Crippen molar-refractivity contribution in [2.75, 3.05) is 19.6 Å². The summed E-state index contributed by atoms with van der Waals surface area (Å²) in [6.07, 6.45) is 2.83. The highest BCUT2D eigenvalue weighted by Crippen LogP contribution is 2.25. The Labute approximate surface area is 187 Å². The van der Waals surface area contributed by atoms with Gasteiger partial charge in [0.25, 0.3) is 0 Å². The van der Waals surface area contributed by atoms with Crippen LogP contribution in [0, 0.1) is 19.8 Å². The highest BCUT2D eigenvalue weighted by molar-refractivity contribution is 6.42. The molecule has 2 aromatic carbocycles. The Morgan fingerprint density at radius 2 is 1.97 bits per heavy atom. The number of rotatable bonds is 6. The molecule has 1 amide bonds. The molecule has 0 aliphatic carbocycles. The molecule has 1 saturated heterocycles. The minimum absolute atomic E-state index is 0.0236. The van der Waals surface area contributed by atoms with Gasteiger partial charge in [0, 0.05) is 19.6 Å².